The van der Waals surface area contributed by atoms with Crippen molar-refractivity contribution in [3.63, 3.8) is 0 Å². The molecule has 0 aromatic heterocycles. The van der Waals surface area contributed by atoms with Crippen molar-refractivity contribution in [1.29, 1.82) is 0 Å². The van der Waals surface area contributed by atoms with E-state index in [4.69, 9.17) is 4.74 Å². The Morgan fingerprint density at radius 2 is 1.59 bits per heavy atom. The molecule has 0 aromatic rings. The monoisotopic (exact) mass is 243 g/mol. The fourth-order valence-electron chi connectivity index (χ4n) is 1.89. The van der Waals surface area contributed by atoms with E-state index in [0.29, 0.717) is 6.10 Å². The molecule has 0 aromatic carbocycles. The number of rotatable bonds is 13. The molecule has 0 saturated carbocycles. The molecule has 1 N–H and O–H groups in total. The molecule has 0 amide bonds. The van der Waals surface area contributed by atoms with Crippen LogP contribution in [-0.2, 0) is 4.74 Å². The third kappa shape index (κ3) is 12.2. The predicted octanol–water partition coefficient (Wildman–Crippen LogP) is 4.14. The summed E-state index contributed by atoms with van der Waals surface area (Å²) in [7, 11) is 0. The first kappa shape index (κ1) is 16.9. The van der Waals surface area contributed by atoms with Gasteiger partial charge in [-0.15, -0.1) is 0 Å². The van der Waals surface area contributed by atoms with Crippen LogP contribution in [0.1, 0.15) is 72.1 Å². The first-order valence-corrected chi connectivity index (χ1v) is 7.67. The van der Waals surface area contributed by atoms with E-state index < -0.39 is 0 Å². The Morgan fingerprint density at radius 1 is 0.882 bits per heavy atom. The van der Waals surface area contributed by atoms with Crippen molar-refractivity contribution in [2.75, 3.05) is 19.7 Å². The van der Waals surface area contributed by atoms with E-state index in [1.165, 1.54) is 44.9 Å². The molecule has 1 unspecified atom stereocenters. The van der Waals surface area contributed by atoms with Gasteiger partial charge in [-0.2, -0.15) is 0 Å². The molecule has 0 rings (SSSR count). The predicted molar refractivity (Wildman–Crippen MR) is 76.6 cm³/mol. The third-order valence-corrected chi connectivity index (χ3v) is 3.11. The molecule has 0 radical (unpaired) electrons. The highest BCUT2D eigenvalue weighted by atomic mass is 16.5. The highest BCUT2D eigenvalue weighted by Crippen LogP contribution is 2.06. The van der Waals surface area contributed by atoms with E-state index in [1.54, 1.807) is 0 Å². The van der Waals surface area contributed by atoms with Gasteiger partial charge in [0.05, 0.1) is 6.10 Å². The van der Waals surface area contributed by atoms with Crippen LogP contribution in [0.4, 0.5) is 0 Å². The minimum atomic E-state index is 0.414. The van der Waals surface area contributed by atoms with Crippen LogP contribution in [0, 0.1) is 0 Å². The summed E-state index contributed by atoms with van der Waals surface area (Å²) in [6, 6.07) is 0. The molecule has 2 nitrogen and oxygen atoms in total. The van der Waals surface area contributed by atoms with Gasteiger partial charge < -0.3 is 10.1 Å². The molecule has 0 fully saturated rings. The summed E-state index contributed by atoms with van der Waals surface area (Å²) in [5.74, 6) is 0. The van der Waals surface area contributed by atoms with Gasteiger partial charge in [0, 0.05) is 13.2 Å². The first-order chi connectivity index (χ1) is 8.35. The van der Waals surface area contributed by atoms with Crippen molar-refractivity contribution in [3.05, 3.63) is 0 Å². The minimum Gasteiger partial charge on any atom is -0.377 e. The molecule has 0 heterocycles. The SMILES string of the molecule is CCCCCCCCOC(CC)CNCCC. The van der Waals surface area contributed by atoms with Gasteiger partial charge in [-0.05, 0) is 25.8 Å². The molecule has 0 aliphatic heterocycles. The number of ether oxygens (including phenoxy) is 1. The lowest BCUT2D eigenvalue weighted by Gasteiger charge is -2.16. The van der Waals surface area contributed by atoms with Crippen LogP contribution < -0.4 is 5.32 Å². The van der Waals surface area contributed by atoms with Crippen LogP contribution in [0.2, 0.25) is 0 Å². The Hall–Kier alpha value is -0.0800. The lowest BCUT2D eigenvalue weighted by atomic mass is 10.1. The number of unbranched alkanes of at least 4 members (excludes halogenated alkanes) is 5. The lowest BCUT2D eigenvalue weighted by molar-refractivity contribution is 0.0483. The summed E-state index contributed by atoms with van der Waals surface area (Å²) in [6.07, 6.45) is 10.8. The number of hydrogen-bond donors (Lipinski definition) is 1. The van der Waals surface area contributed by atoms with Crippen LogP contribution in [0.5, 0.6) is 0 Å². The fourth-order valence-corrected chi connectivity index (χ4v) is 1.89. The first-order valence-electron chi connectivity index (χ1n) is 7.67. The van der Waals surface area contributed by atoms with Crippen LogP contribution in [0.25, 0.3) is 0 Å². The van der Waals surface area contributed by atoms with Gasteiger partial charge in [-0.3, -0.25) is 0 Å². The van der Waals surface area contributed by atoms with Gasteiger partial charge in [-0.25, -0.2) is 0 Å². The maximum atomic E-state index is 5.88. The van der Waals surface area contributed by atoms with Gasteiger partial charge >= 0.3 is 0 Å². The number of nitrogens with one attached hydrogen (secondary N) is 1. The molecule has 2 heteroatoms. The Morgan fingerprint density at radius 3 is 2.24 bits per heavy atom. The normalized spacial score (nSPS) is 12.9. The Labute approximate surface area is 109 Å². The van der Waals surface area contributed by atoms with Crippen molar-refractivity contribution in [2.45, 2.75) is 78.2 Å². The van der Waals surface area contributed by atoms with Crippen molar-refractivity contribution in [3.8, 4) is 0 Å². The molecule has 0 aliphatic rings. The van der Waals surface area contributed by atoms with Crippen LogP contribution in [-0.4, -0.2) is 25.8 Å². The molecule has 0 spiro atoms. The molecular weight excluding hydrogens is 210 g/mol. The number of hydrogen-bond acceptors (Lipinski definition) is 2. The second-order valence-electron chi connectivity index (χ2n) is 4.87. The molecule has 0 saturated heterocycles. The topological polar surface area (TPSA) is 21.3 Å². The molecule has 0 aliphatic carbocycles. The van der Waals surface area contributed by atoms with E-state index in [1.807, 2.05) is 0 Å². The molecule has 104 valence electrons. The summed E-state index contributed by atoms with van der Waals surface area (Å²) in [5.41, 5.74) is 0. The van der Waals surface area contributed by atoms with Gasteiger partial charge in [0.1, 0.15) is 0 Å². The lowest BCUT2D eigenvalue weighted by Crippen LogP contribution is -2.29. The summed E-state index contributed by atoms with van der Waals surface area (Å²) in [4.78, 5) is 0. The van der Waals surface area contributed by atoms with Gasteiger partial charge in [0.25, 0.3) is 0 Å². The smallest absolute Gasteiger partial charge is 0.0696 e. The van der Waals surface area contributed by atoms with Gasteiger partial charge in [0.15, 0.2) is 0 Å². The minimum absolute atomic E-state index is 0.414. The highest BCUT2D eigenvalue weighted by Gasteiger charge is 2.04. The van der Waals surface area contributed by atoms with E-state index >= 15 is 0 Å². The average molecular weight is 243 g/mol. The molecule has 17 heavy (non-hydrogen) atoms. The zero-order chi connectivity index (χ0) is 12.8. The molecule has 0 bridgehead atoms. The van der Waals surface area contributed by atoms with Crippen molar-refractivity contribution in [1.82, 2.24) is 5.32 Å². The van der Waals surface area contributed by atoms with Crippen molar-refractivity contribution >= 4 is 0 Å². The Kier molecular flexibility index (Phi) is 13.9. The van der Waals surface area contributed by atoms with Crippen molar-refractivity contribution in [2.24, 2.45) is 0 Å². The summed E-state index contributed by atoms with van der Waals surface area (Å²) < 4.78 is 5.88. The second kappa shape index (κ2) is 14.0. The average Bonchev–Trinajstić information content (AvgIpc) is 2.35. The Bertz CT molecular complexity index is 139. The van der Waals surface area contributed by atoms with Gasteiger partial charge in [0.2, 0.25) is 0 Å². The molecular formula is C15H33NO. The standard InChI is InChI=1S/C15H33NO/c1-4-7-8-9-10-11-13-17-15(6-3)14-16-12-5-2/h15-16H,4-14H2,1-3H3. The van der Waals surface area contributed by atoms with E-state index in [9.17, 15) is 0 Å². The summed E-state index contributed by atoms with van der Waals surface area (Å²) >= 11 is 0. The largest absolute Gasteiger partial charge is 0.377 e. The zero-order valence-corrected chi connectivity index (χ0v) is 12.3. The molecule has 1 atom stereocenters. The maximum Gasteiger partial charge on any atom is 0.0696 e. The van der Waals surface area contributed by atoms with E-state index in [-0.39, 0.29) is 0 Å². The fraction of sp³-hybridized carbons (Fsp3) is 1.00. The quantitative estimate of drug-likeness (QED) is 0.491. The third-order valence-electron chi connectivity index (χ3n) is 3.11. The second-order valence-corrected chi connectivity index (χ2v) is 4.87. The maximum absolute atomic E-state index is 5.88. The van der Waals surface area contributed by atoms with Crippen LogP contribution in [0.15, 0.2) is 0 Å². The summed E-state index contributed by atoms with van der Waals surface area (Å²) in [6.45, 7) is 9.73. The van der Waals surface area contributed by atoms with E-state index in [2.05, 4.69) is 26.1 Å². The van der Waals surface area contributed by atoms with Crippen LogP contribution >= 0.6 is 0 Å². The highest BCUT2D eigenvalue weighted by molar-refractivity contribution is 4.59. The zero-order valence-electron chi connectivity index (χ0n) is 12.3. The van der Waals surface area contributed by atoms with Crippen LogP contribution in [0.3, 0.4) is 0 Å². The Balaban J connectivity index is 3.25. The summed E-state index contributed by atoms with van der Waals surface area (Å²) in [5, 5.41) is 3.43. The van der Waals surface area contributed by atoms with Crippen molar-refractivity contribution < 1.29 is 4.74 Å². The van der Waals surface area contributed by atoms with E-state index in [0.717, 1.165) is 26.1 Å². The van der Waals surface area contributed by atoms with Gasteiger partial charge in [-0.1, -0.05) is 52.9 Å².